The van der Waals surface area contributed by atoms with Gasteiger partial charge in [0.25, 0.3) is 0 Å². The third kappa shape index (κ3) is 2.98. The number of para-hydroxylation sites is 2. The number of hydrogen-bond acceptors (Lipinski definition) is 4. The average molecular weight is 310 g/mol. The van der Waals surface area contributed by atoms with Crippen molar-refractivity contribution in [3.8, 4) is 5.69 Å². The van der Waals surface area contributed by atoms with Crippen LogP contribution in [0.4, 0.5) is 5.69 Å². The molecule has 3 aromatic rings. The molecule has 118 valence electrons. The Bertz CT molecular complexity index is 821. The SMILES string of the molecule is Cc1cc(C)n(-c2ccccc2NC(=O)C(C)n2cncn2)n1. The molecular weight excluding hydrogens is 292 g/mol. The number of amides is 1. The van der Waals surface area contributed by atoms with Crippen LogP contribution >= 0.6 is 0 Å². The van der Waals surface area contributed by atoms with E-state index >= 15 is 0 Å². The van der Waals surface area contributed by atoms with Gasteiger partial charge in [0, 0.05) is 5.69 Å². The van der Waals surface area contributed by atoms with E-state index in [9.17, 15) is 4.79 Å². The van der Waals surface area contributed by atoms with E-state index in [0.717, 1.165) is 17.1 Å². The predicted octanol–water partition coefficient (Wildman–Crippen LogP) is 2.28. The number of nitrogens with zero attached hydrogens (tertiary/aromatic N) is 5. The number of aryl methyl sites for hydroxylation is 2. The van der Waals surface area contributed by atoms with Gasteiger partial charge < -0.3 is 5.32 Å². The fourth-order valence-corrected chi connectivity index (χ4v) is 2.41. The molecule has 0 aliphatic carbocycles. The van der Waals surface area contributed by atoms with E-state index in [0.29, 0.717) is 5.69 Å². The van der Waals surface area contributed by atoms with Gasteiger partial charge in [0.15, 0.2) is 0 Å². The maximum absolute atomic E-state index is 12.5. The molecule has 1 amide bonds. The molecule has 0 aliphatic rings. The van der Waals surface area contributed by atoms with Crippen molar-refractivity contribution in [2.24, 2.45) is 0 Å². The van der Waals surface area contributed by atoms with Crippen LogP contribution in [0.25, 0.3) is 5.69 Å². The molecule has 1 N–H and O–H groups in total. The summed E-state index contributed by atoms with van der Waals surface area (Å²) in [6.45, 7) is 5.70. The van der Waals surface area contributed by atoms with Crippen molar-refractivity contribution in [2.75, 3.05) is 5.32 Å². The van der Waals surface area contributed by atoms with Gasteiger partial charge in [0.05, 0.1) is 17.1 Å². The van der Waals surface area contributed by atoms with E-state index in [-0.39, 0.29) is 5.91 Å². The van der Waals surface area contributed by atoms with Gasteiger partial charge in [-0.25, -0.2) is 14.3 Å². The van der Waals surface area contributed by atoms with Gasteiger partial charge in [-0.15, -0.1) is 0 Å². The van der Waals surface area contributed by atoms with Crippen LogP contribution in [-0.2, 0) is 4.79 Å². The summed E-state index contributed by atoms with van der Waals surface area (Å²) in [6.07, 6.45) is 2.94. The van der Waals surface area contributed by atoms with Crippen LogP contribution in [0.15, 0.2) is 43.0 Å². The maximum Gasteiger partial charge on any atom is 0.249 e. The second kappa shape index (κ2) is 6.04. The molecule has 0 spiro atoms. The number of nitrogens with one attached hydrogen (secondary N) is 1. The molecule has 7 heteroatoms. The van der Waals surface area contributed by atoms with Gasteiger partial charge in [-0.05, 0) is 39.0 Å². The summed E-state index contributed by atoms with van der Waals surface area (Å²) in [5.74, 6) is -0.163. The molecule has 0 bridgehead atoms. The topological polar surface area (TPSA) is 77.6 Å². The fraction of sp³-hybridized carbons (Fsp3) is 0.250. The van der Waals surface area contributed by atoms with Crippen LogP contribution in [0, 0.1) is 13.8 Å². The highest BCUT2D eigenvalue weighted by Gasteiger charge is 2.17. The first-order valence-corrected chi connectivity index (χ1v) is 7.34. The molecule has 2 heterocycles. The van der Waals surface area contributed by atoms with Gasteiger partial charge in [-0.1, -0.05) is 12.1 Å². The minimum Gasteiger partial charge on any atom is -0.322 e. The lowest BCUT2D eigenvalue weighted by molar-refractivity contribution is -0.119. The highest BCUT2D eigenvalue weighted by Crippen LogP contribution is 2.22. The Morgan fingerprint density at radius 2 is 2.04 bits per heavy atom. The number of anilines is 1. The van der Waals surface area contributed by atoms with Gasteiger partial charge in [0.2, 0.25) is 5.91 Å². The van der Waals surface area contributed by atoms with Gasteiger partial charge in [0.1, 0.15) is 18.7 Å². The Morgan fingerprint density at radius 3 is 2.70 bits per heavy atom. The van der Waals surface area contributed by atoms with Crippen molar-refractivity contribution in [3.05, 3.63) is 54.4 Å². The minimum atomic E-state index is -0.453. The Kier molecular flexibility index (Phi) is 3.92. The standard InChI is InChI=1S/C16H18N6O/c1-11-8-12(2)22(20-11)15-7-5-4-6-14(15)19-16(23)13(3)21-10-17-9-18-21/h4-10,13H,1-3H3,(H,19,23). The molecule has 23 heavy (non-hydrogen) atoms. The number of benzene rings is 1. The van der Waals surface area contributed by atoms with E-state index in [4.69, 9.17) is 0 Å². The summed E-state index contributed by atoms with van der Waals surface area (Å²) in [6, 6.07) is 9.13. The molecule has 0 aliphatic heterocycles. The van der Waals surface area contributed by atoms with Crippen LogP contribution in [0.3, 0.4) is 0 Å². The lowest BCUT2D eigenvalue weighted by Crippen LogP contribution is -2.24. The van der Waals surface area contributed by atoms with Crippen LogP contribution in [0.5, 0.6) is 0 Å². The van der Waals surface area contributed by atoms with Crippen molar-refractivity contribution in [1.82, 2.24) is 24.5 Å². The van der Waals surface area contributed by atoms with Gasteiger partial charge >= 0.3 is 0 Å². The number of rotatable bonds is 4. The number of hydrogen-bond donors (Lipinski definition) is 1. The summed E-state index contributed by atoms with van der Waals surface area (Å²) in [7, 11) is 0. The van der Waals surface area contributed by atoms with E-state index in [1.54, 1.807) is 6.92 Å². The molecule has 0 fully saturated rings. The first-order valence-electron chi connectivity index (χ1n) is 7.34. The summed E-state index contributed by atoms with van der Waals surface area (Å²) in [4.78, 5) is 16.3. The third-order valence-corrected chi connectivity index (χ3v) is 3.61. The summed E-state index contributed by atoms with van der Waals surface area (Å²) >= 11 is 0. The Balaban J connectivity index is 1.89. The lowest BCUT2D eigenvalue weighted by atomic mass is 10.2. The molecule has 0 saturated carbocycles. The zero-order valence-electron chi connectivity index (χ0n) is 13.3. The summed E-state index contributed by atoms with van der Waals surface area (Å²) in [5, 5.41) is 11.4. The zero-order chi connectivity index (χ0) is 16.4. The quantitative estimate of drug-likeness (QED) is 0.802. The summed E-state index contributed by atoms with van der Waals surface area (Å²) in [5.41, 5.74) is 3.47. The minimum absolute atomic E-state index is 0.163. The molecule has 1 atom stereocenters. The summed E-state index contributed by atoms with van der Waals surface area (Å²) < 4.78 is 3.34. The molecule has 1 unspecified atom stereocenters. The fourth-order valence-electron chi connectivity index (χ4n) is 2.41. The maximum atomic E-state index is 12.5. The predicted molar refractivity (Wildman–Crippen MR) is 86.4 cm³/mol. The first-order chi connectivity index (χ1) is 11.1. The van der Waals surface area contributed by atoms with E-state index < -0.39 is 6.04 Å². The Morgan fingerprint density at radius 1 is 1.26 bits per heavy atom. The second-order valence-electron chi connectivity index (χ2n) is 5.40. The van der Waals surface area contributed by atoms with E-state index in [1.165, 1.54) is 17.3 Å². The molecule has 0 radical (unpaired) electrons. The molecule has 3 rings (SSSR count). The Hall–Kier alpha value is -2.96. The van der Waals surface area contributed by atoms with Crippen LogP contribution in [0.2, 0.25) is 0 Å². The first kappa shape index (κ1) is 15.0. The highest BCUT2D eigenvalue weighted by atomic mass is 16.2. The smallest absolute Gasteiger partial charge is 0.249 e. The monoisotopic (exact) mass is 310 g/mol. The van der Waals surface area contributed by atoms with Gasteiger partial charge in [-0.2, -0.15) is 10.2 Å². The zero-order valence-corrected chi connectivity index (χ0v) is 13.3. The van der Waals surface area contributed by atoms with Crippen molar-refractivity contribution >= 4 is 11.6 Å². The Labute approximate surface area is 134 Å². The van der Waals surface area contributed by atoms with Crippen LogP contribution in [0.1, 0.15) is 24.4 Å². The second-order valence-corrected chi connectivity index (χ2v) is 5.40. The molecule has 7 nitrogen and oxygen atoms in total. The molecule has 1 aromatic carbocycles. The average Bonchev–Trinajstić information content (AvgIpc) is 3.17. The number of carbonyl (C=O) groups is 1. The number of aromatic nitrogens is 5. The van der Waals surface area contributed by atoms with E-state index in [2.05, 4.69) is 20.5 Å². The third-order valence-electron chi connectivity index (χ3n) is 3.61. The van der Waals surface area contributed by atoms with Crippen molar-refractivity contribution in [1.29, 1.82) is 0 Å². The number of carbonyl (C=O) groups excluding carboxylic acids is 1. The normalized spacial score (nSPS) is 12.1. The van der Waals surface area contributed by atoms with Crippen LogP contribution < -0.4 is 5.32 Å². The van der Waals surface area contributed by atoms with Crippen molar-refractivity contribution in [2.45, 2.75) is 26.8 Å². The molecule has 0 saturated heterocycles. The van der Waals surface area contributed by atoms with E-state index in [1.807, 2.05) is 48.9 Å². The lowest BCUT2D eigenvalue weighted by Gasteiger charge is -2.15. The molecular formula is C16H18N6O. The molecule has 2 aromatic heterocycles. The van der Waals surface area contributed by atoms with Gasteiger partial charge in [-0.3, -0.25) is 4.79 Å². The van der Waals surface area contributed by atoms with Crippen molar-refractivity contribution in [3.63, 3.8) is 0 Å². The highest BCUT2D eigenvalue weighted by molar-refractivity contribution is 5.95. The van der Waals surface area contributed by atoms with Crippen molar-refractivity contribution < 1.29 is 4.79 Å². The largest absolute Gasteiger partial charge is 0.322 e. The van der Waals surface area contributed by atoms with Crippen LogP contribution in [-0.4, -0.2) is 30.5 Å².